The molecule has 3 rings (SSSR count). The summed E-state index contributed by atoms with van der Waals surface area (Å²) in [6.07, 6.45) is -0.326. The lowest BCUT2D eigenvalue weighted by Gasteiger charge is -2.16. The third-order valence-corrected chi connectivity index (χ3v) is 4.29. The number of ether oxygens (including phenoxy) is 2. The van der Waals surface area contributed by atoms with E-state index >= 15 is 0 Å². The van der Waals surface area contributed by atoms with E-state index in [2.05, 4.69) is 5.32 Å². The monoisotopic (exact) mass is 389 g/mol. The van der Waals surface area contributed by atoms with E-state index in [1.54, 1.807) is 12.1 Å². The van der Waals surface area contributed by atoms with Gasteiger partial charge in [0.2, 0.25) is 0 Å². The number of esters is 1. The average molecular weight is 389 g/mol. The van der Waals surface area contributed by atoms with E-state index in [0.717, 1.165) is 11.1 Å². The number of amides is 1. The minimum Gasteiger partial charge on any atom is -0.479 e. The molecule has 3 aromatic rings. The number of hydrogen-bond donors (Lipinski definition) is 1. The molecule has 0 saturated heterocycles. The predicted molar refractivity (Wildman–Crippen MR) is 113 cm³/mol. The Kier molecular flexibility index (Phi) is 7.00. The van der Waals surface area contributed by atoms with Crippen molar-refractivity contribution in [2.45, 2.75) is 19.4 Å². The summed E-state index contributed by atoms with van der Waals surface area (Å²) in [5.41, 5.74) is 2.54. The van der Waals surface area contributed by atoms with Gasteiger partial charge in [0.15, 0.2) is 12.7 Å². The van der Waals surface area contributed by atoms with Crippen LogP contribution in [-0.4, -0.2) is 24.6 Å². The first-order valence-electron chi connectivity index (χ1n) is 9.50. The third kappa shape index (κ3) is 5.69. The van der Waals surface area contributed by atoms with Crippen molar-refractivity contribution in [2.24, 2.45) is 0 Å². The Morgan fingerprint density at radius 2 is 1.48 bits per heavy atom. The largest absolute Gasteiger partial charge is 0.479 e. The van der Waals surface area contributed by atoms with Crippen molar-refractivity contribution in [3.63, 3.8) is 0 Å². The summed E-state index contributed by atoms with van der Waals surface area (Å²) in [4.78, 5) is 24.6. The van der Waals surface area contributed by atoms with Crippen molar-refractivity contribution >= 4 is 17.6 Å². The highest BCUT2D eigenvalue weighted by Gasteiger charge is 2.21. The molecule has 5 nitrogen and oxygen atoms in total. The topological polar surface area (TPSA) is 64.6 Å². The van der Waals surface area contributed by atoms with Gasteiger partial charge in [0, 0.05) is 11.3 Å². The van der Waals surface area contributed by atoms with E-state index in [4.69, 9.17) is 9.47 Å². The highest BCUT2D eigenvalue weighted by atomic mass is 16.6. The minimum absolute atomic E-state index is 0.378. The Morgan fingerprint density at radius 3 is 2.17 bits per heavy atom. The SMILES string of the molecule is CC[C@@H](Oc1ccccc1)C(=O)OCC(=O)Nc1ccccc1-c1ccccc1. The lowest BCUT2D eigenvalue weighted by atomic mass is 10.0. The van der Waals surface area contributed by atoms with Crippen LogP contribution in [0, 0.1) is 0 Å². The van der Waals surface area contributed by atoms with Crippen molar-refractivity contribution in [1.29, 1.82) is 0 Å². The van der Waals surface area contributed by atoms with Crippen LogP contribution in [0.15, 0.2) is 84.9 Å². The zero-order valence-electron chi connectivity index (χ0n) is 16.2. The van der Waals surface area contributed by atoms with Crippen molar-refractivity contribution in [3.05, 3.63) is 84.9 Å². The molecule has 1 atom stereocenters. The Morgan fingerprint density at radius 1 is 0.862 bits per heavy atom. The van der Waals surface area contributed by atoms with Crippen LogP contribution in [-0.2, 0) is 14.3 Å². The highest BCUT2D eigenvalue weighted by Crippen LogP contribution is 2.27. The molecule has 0 saturated carbocycles. The number of rotatable bonds is 8. The summed E-state index contributed by atoms with van der Waals surface area (Å²) in [5.74, 6) is -0.392. The average Bonchev–Trinajstić information content (AvgIpc) is 2.77. The van der Waals surface area contributed by atoms with Gasteiger partial charge in [0.05, 0.1) is 0 Å². The summed E-state index contributed by atoms with van der Waals surface area (Å²) in [7, 11) is 0. The summed E-state index contributed by atoms with van der Waals surface area (Å²) < 4.78 is 10.8. The van der Waals surface area contributed by atoms with Gasteiger partial charge in [-0.3, -0.25) is 4.79 Å². The number of hydrogen-bond acceptors (Lipinski definition) is 4. The van der Waals surface area contributed by atoms with E-state index in [9.17, 15) is 9.59 Å². The number of carbonyl (C=O) groups excluding carboxylic acids is 2. The second kappa shape index (κ2) is 10.1. The molecule has 1 amide bonds. The van der Waals surface area contributed by atoms with Crippen LogP contribution in [0.2, 0.25) is 0 Å². The molecule has 0 heterocycles. The molecule has 0 aromatic heterocycles. The van der Waals surface area contributed by atoms with E-state index < -0.39 is 18.0 Å². The molecule has 29 heavy (non-hydrogen) atoms. The first-order chi connectivity index (χ1) is 14.2. The molecule has 1 N–H and O–H groups in total. The van der Waals surface area contributed by atoms with Gasteiger partial charge in [-0.15, -0.1) is 0 Å². The molecular formula is C24H23NO4. The van der Waals surface area contributed by atoms with Crippen LogP contribution in [0.5, 0.6) is 5.75 Å². The molecule has 3 aromatic carbocycles. The maximum atomic E-state index is 12.3. The first-order valence-corrected chi connectivity index (χ1v) is 9.50. The van der Waals surface area contributed by atoms with E-state index in [0.29, 0.717) is 17.9 Å². The van der Waals surface area contributed by atoms with Gasteiger partial charge in [-0.1, -0.05) is 73.7 Å². The number of benzene rings is 3. The van der Waals surface area contributed by atoms with Crippen molar-refractivity contribution in [2.75, 3.05) is 11.9 Å². The fourth-order valence-electron chi connectivity index (χ4n) is 2.84. The lowest BCUT2D eigenvalue weighted by molar-refractivity contribution is -0.154. The van der Waals surface area contributed by atoms with Gasteiger partial charge in [-0.25, -0.2) is 4.79 Å². The van der Waals surface area contributed by atoms with Crippen LogP contribution in [0.4, 0.5) is 5.69 Å². The van der Waals surface area contributed by atoms with Gasteiger partial charge in [0.25, 0.3) is 5.91 Å². The molecular weight excluding hydrogens is 366 g/mol. The van der Waals surface area contributed by atoms with Crippen LogP contribution < -0.4 is 10.1 Å². The number of para-hydroxylation sites is 2. The van der Waals surface area contributed by atoms with E-state index in [1.165, 1.54) is 0 Å². The molecule has 0 fully saturated rings. The molecule has 0 spiro atoms. The molecule has 0 bridgehead atoms. The second-order valence-electron chi connectivity index (χ2n) is 6.40. The Labute approximate surface area is 170 Å². The molecule has 148 valence electrons. The number of anilines is 1. The minimum atomic E-state index is -0.762. The van der Waals surface area contributed by atoms with Crippen LogP contribution in [0.1, 0.15) is 13.3 Å². The smallest absolute Gasteiger partial charge is 0.347 e. The van der Waals surface area contributed by atoms with Crippen molar-refractivity contribution in [1.82, 2.24) is 0 Å². The first kappa shape index (κ1) is 20.1. The molecule has 0 aliphatic heterocycles. The lowest BCUT2D eigenvalue weighted by Crippen LogP contribution is -2.31. The Hall–Kier alpha value is -3.60. The highest BCUT2D eigenvalue weighted by molar-refractivity contribution is 5.97. The zero-order chi connectivity index (χ0) is 20.5. The quantitative estimate of drug-likeness (QED) is 0.568. The summed E-state index contributed by atoms with van der Waals surface area (Å²) in [6.45, 7) is 1.45. The fourth-order valence-corrected chi connectivity index (χ4v) is 2.84. The molecule has 0 aliphatic carbocycles. The van der Waals surface area contributed by atoms with Gasteiger partial charge in [-0.05, 0) is 30.2 Å². The normalized spacial score (nSPS) is 11.3. The van der Waals surface area contributed by atoms with Crippen LogP contribution >= 0.6 is 0 Å². The van der Waals surface area contributed by atoms with Crippen LogP contribution in [0.3, 0.4) is 0 Å². The predicted octanol–water partition coefficient (Wildman–Crippen LogP) is 4.69. The maximum absolute atomic E-state index is 12.3. The molecule has 0 unspecified atom stereocenters. The van der Waals surface area contributed by atoms with Gasteiger partial charge in [-0.2, -0.15) is 0 Å². The summed E-state index contributed by atoms with van der Waals surface area (Å²) in [5, 5.41) is 2.81. The Balaban J connectivity index is 1.58. The molecule has 5 heteroatoms. The second-order valence-corrected chi connectivity index (χ2v) is 6.40. The fraction of sp³-hybridized carbons (Fsp3) is 0.167. The van der Waals surface area contributed by atoms with E-state index in [1.807, 2.05) is 79.7 Å². The third-order valence-electron chi connectivity index (χ3n) is 4.29. The summed E-state index contributed by atoms with van der Waals surface area (Å²) >= 11 is 0. The Bertz CT molecular complexity index is 941. The van der Waals surface area contributed by atoms with E-state index in [-0.39, 0.29) is 6.61 Å². The van der Waals surface area contributed by atoms with Gasteiger partial charge in [0.1, 0.15) is 5.75 Å². The van der Waals surface area contributed by atoms with Gasteiger partial charge >= 0.3 is 5.97 Å². The molecule has 0 radical (unpaired) electrons. The zero-order valence-corrected chi connectivity index (χ0v) is 16.2. The standard InChI is InChI=1S/C24H23NO4/c1-2-22(29-19-13-7-4-8-14-19)24(27)28-17-23(26)25-21-16-10-9-15-20(21)18-11-5-3-6-12-18/h3-16,22H,2,17H2,1H3,(H,25,26)/t22-/m1/s1. The van der Waals surface area contributed by atoms with Crippen molar-refractivity contribution < 1.29 is 19.1 Å². The number of nitrogens with one attached hydrogen (secondary N) is 1. The van der Waals surface area contributed by atoms with Gasteiger partial charge < -0.3 is 14.8 Å². The van der Waals surface area contributed by atoms with Crippen LogP contribution in [0.25, 0.3) is 11.1 Å². The van der Waals surface area contributed by atoms with Crippen molar-refractivity contribution in [3.8, 4) is 16.9 Å². The molecule has 0 aliphatic rings. The number of carbonyl (C=O) groups is 2. The summed E-state index contributed by atoms with van der Waals surface area (Å²) in [6, 6.07) is 26.3. The maximum Gasteiger partial charge on any atom is 0.347 e.